The van der Waals surface area contributed by atoms with E-state index in [2.05, 4.69) is 48.5 Å². The summed E-state index contributed by atoms with van der Waals surface area (Å²) >= 11 is 6.83. The van der Waals surface area contributed by atoms with E-state index in [9.17, 15) is 14.9 Å². The summed E-state index contributed by atoms with van der Waals surface area (Å²) < 4.78 is 11.5. The zero-order valence-electron chi connectivity index (χ0n) is 15.4. The first kappa shape index (κ1) is 22.4. The normalized spacial score (nSPS) is 10.6. The number of carbonyl (C=O) groups is 2. The van der Waals surface area contributed by atoms with Gasteiger partial charge in [0.15, 0.2) is 0 Å². The number of amides is 1. The summed E-state index contributed by atoms with van der Waals surface area (Å²) in [6.45, 7) is 3.95. The molecule has 0 spiro atoms. The van der Waals surface area contributed by atoms with E-state index in [1.54, 1.807) is 30.3 Å². The molecule has 0 saturated heterocycles. The molecule has 148 valence electrons. The van der Waals surface area contributed by atoms with Crippen LogP contribution in [0.4, 0.5) is 5.69 Å². The molecule has 0 aliphatic rings. The molecule has 2 aromatic carbocycles. The zero-order valence-corrected chi connectivity index (χ0v) is 18.5. The molecule has 8 heteroatoms. The van der Waals surface area contributed by atoms with Gasteiger partial charge in [-0.15, -0.1) is 0 Å². The smallest absolute Gasteiger partial charge is 0.337 e. The Kier molecular flexibility index (Phi) is 8.19. The van der Waals surface area contributed by atoms with Crippen LogP contribution in [0.5, 0.6) is 5.75 Å². The van der Waals surface area contributed by atoms with Crippen molar-refractivity contribution >= 4 is 55.5 Å². The second-order valence-electron chi connectivity index (χ2n) is 5.61. The summed E-state index contributed by atoms with van der Waals surface area (Å²) in [5.41, 5.74) is 1.34. The number of anilines is 1. The van der Waals surface area contributed by atoms with Gasteiger partial charge in [-0.2, -0.15) is 5.26 Å². The number of nitrogens with zero attached hydrogens (tertiary/aromatic N) is 1. The average Bonchev–Trinajstić information content (AvgIpc) is 2.71. The Morgan fingerprint density at radius 1 is 1.21 bits per heavy atom. The minimum Gasteiger partial charge on any atom is -0.487 e. The van der Waals surface area contributed by atoms with Gasteiger partial charge in [0.25, 0.3) is 5.91 Å². The van der Waals surface area contributed by atoms with Crippen LogP contribution in [-0.4, -0.2) is 25.6 Å². The van der Waals surface area contributed by atoms with Gasteiger partial charge < -0.3 is 14.8 Å². The summed E-state index contributed by atoms with van der Waals surface area (Å²) in [5.74, 6) is -0.453. The number of methoxy groups -OCH3 is 1. The largest absolute Gasteiger partial charge is 0.487 e. The van der Waals surface area contributed by atoms with Gasteiger partial charge in [-0.3, -0.25) is 4.79 Å². The maximum Gasteiger partial charge on any atom is 0.337 e. The van der Waals surface area contributed by atoms with Crippen LogP contribution < -0.4 is 10.1 Å². The number of rotatable bonds is 7. The third-order valence-electron chi connectivity index (χ3n) is 3.61. The number of esters is 1. The number of benzene rings is 2. The number of nitriles is 1. The lowest BCUT2D eigenvalue weighted by atomic mass is 10.1. The molecule has 0 atom stereocenters. The molecule has 0 unspecified atom stereocenters. The summed E-state index contributed by atoms with van der Waals surface area (Å²) in [6, 6.07) is 11.5. The quantitative estimate of drug-likeness (QED) is 0.238. The number of nitrogens with one attached hydrogen (secondary N) is 1. The molecule has 0 saturated carbocycles. The number of carbonyl (C=O) groups excluding carboxylic acids is 2. The SMILES string of the molecule is C=CCOc1c(Br)cc(/C=C(\C#N)C(=O)Nc2ccc(C(=O)OC)cc2)cc1Br. The van der Waals surface area contributed by atoms with Crippen molar-refractivity contribution in [2.24, 2.45) is 0 Å². The van der Waals surface area contributed by atoms with Crippen molar-refractivity contribution in [3.05, 3.63) is 74.7 Å². The van der Waals surface area contributed by atoms with E-state index in [1.807, 2.05) is 6.07 Å². The lowest BCUT2D eigenvalue weighted by Crippen LogP contribution is -2.13. The molecule has 0 aliphatic carbocycles. The molecule has 0 aliphatic heterocycles. The van der Waals surface area contributed by atoms with E-state index < -0.39 is 11.9 Å². The monoisotopic (exact) mass is 518 g/mol. The molecular weight excluding hydrogens is 504 g/mol. The van der Waals surface area contributed by atoms with Crippen LogP contribution in [0.3, 0.4) is 0 Å². The number of hydrogen-bond donors (Lipinski definition) is 1. The minimum atomic E-state index is -0.572. The highest BCUT2D eigenvalue weighted by Gasteiger charge is 2.13. The first-order chi connectivity index (χ1) is 13.9. The number of ether oxygens (including phenoxy) is 2. The van der Waals surface area contributed by atoms with E-state index in [0.717, 1.165) is 0 Å². The highest BCUT2D eigenvalue weighted by molar-refractivity contribution is 9.11. The lowest BCUT2D eigenvalue weighted by Gasteiger charge is -2.10. The summed E-state index contributed by atoms with van der Waals surface area (Å²) in [4.78, 5) is 23.9. The molecule has 29 heavy (non-hydrogen) atoms. The molecule has 0 fully saturated rings. The molecule has 2 aromatic rings. The topological polar surface area (TPSA) is 88.4 Å². The van der Waals surface area contributed by atoms with E-state index in [1.165, 1.54) is 25.3 Å². The number of halogens is 2. The van der Waals surface area contributed by atoms with E-state index in [4.69, 9.17) is 4.74 Å². The van der Waals surface area contributed by atoms with Gasteiger partial charge in [0, 0.05) is 5.69 Å². The fourth-order valence-electron chi connectivity index (χ4n) is 2.26. The van der Waals surface area contributed by atoms with Gasteiger partial charge >= 0.3 is 5.97 Å². The Morgan fingerprint density at radius 2 is 1.83 bits per heavy atom. The third-order valence-corrected chi connectivity index (χ3v) is 4.78. The van der Waals surface area contributed by atoms with E-state index >= 15 is 0 Å². The first-order valence-corrected chi connectivity index (χ1v) is 9.82. The van der Waals surface area contributed by atoms with Crippen LogP contribution in [-0.2, 0) is 9.53 Å². The van der Waals surface area contributed by atoms with Crippen LogP contribution in [0.15, 0.2) is 63.6 Å². The molecule has 0 radical (unpaired) electrons. The fourth-order valence-corrected chi connectivity index (χ4v) is 3.71. The van der Waals surface area contributed by atoms with E-state index in [-0.39, 0.29) is 5.57 Å². The standard InChI is InChI=1S/C21H16Br2N2O4/c1-3-8-29-19-17(22)10-13(11-18(19)23)9-15(12-24)20(26)25-16-6-4-14(5-7-16)21(27)28-2/h3-7,9-11H,1,8H2,2H3,(H,25,26)/b15-9+. The van der Waals surface area contributed by atoms with Crippen molar-refractivity contribution in [1.29, 1.82) is 5.26 Å². The fraction of sp³-hybridized carbons (Fsp3) is 0.0952. The van der Waals surface area contributed by atoms with Crippen LogP contribution >= 0.6 is 31.9 Å². The Balaban J connectivity index is 2.21. The van der Waals surface area contributed by atoms with Crippen molar-refractivity contribution in [2.75, 3.05) is 19.0 Å². The second kappa shape index (κ2) is 10.6. The van der Waals surface area contributed by atoms with Crippen LogP contribution in [0, 0.1) is 11.3 Å². The van der Waals surface area contributed by atoms with Gasteiger partial charge in [-0.1, -0.05) is 12.7 Å². The summed E-state index contributed by atoms with van der Waals surface area (Å²) in [6.07, 6.45) is 3.09. The third kappa shape index (κ3) is 6.04. The zero-order chi connectivity index (χ0) is 21.4. The Morgan fingerprint density at radius 3 is 2.34 bits per heavy atom. The Bertz CT molecular complexity index is 985. The van der Waals surface area contributed by atoms with Crippen molar-refractivity contribution in [3.63, 3.8) is 0 Å². The number of hydrogen-bond acceptors (Lipinski definition) is 5. The molecule has 6 nitrogen and oxygen atoms in total. The molecule has 0 heterocycles. The van der Waals surface area contributed by atoms with Crippen molar-refractivity contribution in [2.45, 2.75) is 0 Å². The highest BCUT2D eigenvalue weighted by Crippen LogP contribution is 2.35. The average molecular weight is 520 g/mol. The Labute approximate surface area is 185 Å². The second-order valence-corrected chi connectivity index (χ2v) is 7.31. The summed E-state index contributed by atoms with van der Waals surface area (Å²) in [7, 11) is 1.29. The first-order valence-electron chi connectivity index (χ1n) is 8.23. The molecule has 1 amide bonds. The van der Waals surface area contributed by atoms with E-state index in [0.29, 0.717) is 38.1 Å². The molecule has 0 bridgehead atoms. The highest BCUT2D eigenvalue weighted by atomic mass is 79.9. The summed E-state index contributed by atoms with van der Waals surface area (Å²) in [5, 5.41) is 12.0. The Hall–Kier alpha value is -2.89. The maximum atomic E-state index is 12.4. The van der Waals surface area contributed by atoms with Gasteiger partial charge in [0.1, 0.15) is 24.0 Å². The van der Waals surface area contributed by atoms with Gasteiger partial charge in [0.2, 0.25) is 0 Å². The lowest BCUT2D eigenvalue weighted by molar-refractivity contribution is -0.112. The predicted octanol–water partition coefficient (Wildman–Crippen LogP) is 5.11. The van der Waals surface area contributed by atoms with Crippen LogP contribution in [0.25, 0.3) is 6.08 Å². The maximum absolute atomic E-state index is 12.4. The van der Waals surface area contributed by atoms with Gasteiger partial charge in [-0.25, -0.2) is 4.79 Å². The minimum absolute atomic E-state index is 0.0828. The molecular formula is C21H16Br2N2O4. The van der Waals surface area contributed by atoms with Gasteiger partial charge in [-0.05, 0) is 79.9 Å². The van der Waals surface area contributed by atoms with Crippen molar-refractivity contribution < 1.29 is 19.1 Å². The predicted molar refractivity (Wildman–Crippen MR) is 118 cm³/mol. The van der Waals surface area contributed by atoms with Gasteiger partial charge in [0.05, 0.1) is 21.6 Å². The molecule has 2 rings (SSSR count). The molecule has 0 aromatic heterocycles. The van der Waals surface area contributed by atoms with Crippen molar-refractivity contribution in [1.82, 2.24) is 0 Å². The molecule has 1 N–H and O–H groups in total. The van der Waals surface area contributed by atoms with Crippen LogP contribution in [0.1, 0.15) is 15.9 Å². The van der Waals surface area contributed by atoms with Crippen LogP contribution in [0.2, 0.25) is 0 Å². The van der Waals surface area contributed by atoms with Crippen molar-refractivity contribution in [3.8, 4) is 11.8 Å².